The lowest BCUT2D eigenvalue weighted by molar-refractivity contribution is 0.686. The van der Waals surface area contributed by atoms with Crippen molar-refractivity contribution in [3.63, 3.8) is 0 Å². The highest BCUT2D eigenvalue weighted by molar-refractivity contribution is 6.31. The molecule has 1 aliphatic heterocycles. The van der Waals surface area contributed by atoms with Crippen LogP contribution in [-0.4, -0.2) is 26.1 Å². The van der Waals surface area contributed by atoms with Crippen molar-refractivity contribution in [2.45, 2.75) is 32.7 Å². The molecule has 0 atom stereocenters. The van der Waals surface area contributed by atoms with Gasteiger partial charge in [0, 0.05) is 29.4 Å². The van der Waals surface area contributed by atoms with Crippen LogP contribution >= 0.6 is 11.6 Å². The molecule has 6 heteroatoms. The minimum absolute atomic E-state index is 0.252. The minimum atomic E-state index is 0.252. The van der Waals surface area contributed by atoms with Crippen LogP contribution in [0.25, 0.3) is 16.6 Å². The molecule has 0 saturated carbocycles. The molecule has 0 aliphatic carbocycles. The lowest BCUT2D eigenvalue weighted by Crippen LogP contribution is -2.32. The predicted molar refractivity (Wildman–Crippen MR) is 109 cm³/mol. The van der Waals surface area contributed by atoms with Crippen molar-refractivity contribution >= 4 is 34.1 Å². The molecule has 4 aromatic rings. The molecule has 2 aromatic carbocycles. The van der Waals surface area contributed by atoms with Gasteiger partial charge in [-0.3, -0.25) is 0 Å². The molecule has 0 fully saturated rings. The SMILES string of the molecule is CC(C)c1nnc2c3ccc(Cl)cc3nc(N3CCc4ccccc4C3)n12. The quantitative estimate of drug-likeness (QED) is 0.511. The molecule has 0 unspecified atom stereocenters. The largest absolute Gasteiger partial charge is 0.337 e. The van der Waals surface area contributed by atoms with Crippen LogP contribution in [0.5, 0.6) is 0 Å². The van der Waals surface area contributed by atoms with Crippen LogP contribution in [0, 0.1) is 0 Å². The molecule has 136 valence electrons. The first-order chi connectivity index (χ1) is 13.1. The van der Waals surface area contributed by atoms with Crippen LogP contribution in [0.1, 0.15) is 36.7 Å². The smallest absolute Gasteiger partial charge is 0.213 e. The Balaban J connectivity index is 1.75. The lowest BCUT2D eigenvalue weighted by Gasteiger charge is -2.30. The van der Waals surface area contributed by atoms with Gasteiger partial charge in [-0.05, 0) is 35.7 Å². The van der Waals surface area contributed by atoms with E-state index in [0.717, 1.165) is 47.8 Å². The Morgan fingerprint density at radius 1 is 1.04 bits per heavy atom. The summed E-state index contributed by atoms with van der Waals surface area (Å²) < 4.78 is 2.12. The molecule has 3 heterocycles. The van der Waals surface area contributed by atoms with Gasteiger partial charge in [0.15, 0.2) is 5.65 Å². The number of hydrogen-bond acceptors (Lipinski definition) is 4. The van der Waals surface area contributed by atoms with Gasteiger partial charge in [0.2, 0.25) is 5.95 Å². The lowest BCUT2D eigenvalue weighted by atomic mass is 10.0. The van der Waals surface area contributed by atoms with Gasteiger partial charge in [0.25, 0.3) is 0 Å². The van der Waals surface area contributed by atoms with Crippen molar-refractivity contribution in [3.8, 4) is 0 Å². The number of hydrogen-bond donors (Lipinski definition) is 0. The van der Waals surface area contributed by atoms with E-state index in [1.54, 1.807) is 0 Å². The van der Waals surface area contributed by atoms with Gasteiger partial charge in [-0.15, -0.1) is 10.2 Å². The third-order valence-electron chi connectivity index (χ3n) is 5.24. The summed E-state index contributed by atoms with van der Waals surface area (Å²) in [6.45, 7) is 6.02. The maximum absolute atomic E-state index is 6.23. The molecule has 0 radical (unpaired) electrons. The van der Waals surface area contributed by atoms with E-state index in [1.807, 2.05) is 18.2 Å². The summed E-state index contributed by atoms with van der Waals surface area (Å²) in [5.74, 6) is 2.08. The third kappa shape index (κ3) is 2.65. The second-order valence-corrected chi connectivity index (χ2v) is 7.82. The number of aromatic nitrogens is 4. The first-order valence-corrected chi connectivity index (χ1v) is 9.65. The molecule has 5 rings (SSSR count). The molecule has 0 N–H and O–H groups in total. The van der Waals surface area contributed by atoms with Gasteiger partial charge < -0.3 is 4.90 Å². The second-order valence-electron chi connectivity index (χ2n) is 7.39. The molecule has 0 bridgehead atoms. The molecule has 5 nitrogen and oxygen atoms in total. The Morgan fingerprint density at radius 3 is 2.67 bits per heavy atom. The van der Waals surface area contributed by atoms with Crippen LogP contribution in [-0.2, 0) is 13.0 Å². The van der Waals surface area contributed by atoms with Crippen LogP contribution in [0.2, 0.25) is 5.02 Å². The number of nitrogens with zero attached hydrogens (tertiary/aromatic N) is 5. The first kappa shape index (κ1) is 16.5. The topological polar surface area (TPSA) is 46.3 Å². The fourth-order valence-corrected chi connectivity index (χ4v) is 4.03. The van der Waals surface area contributed by atoms with Gasteiger partial charge in [0.1, 0.15) is 5.82 Å². The van der Waals surface area contributed by atoms with Crippen molar-refractivity contribution < 1.29 is 0 Å². The van der Waals surface area contributed by atoms with Gasteiger partial charge in [-0.2, -0.15) is 0 Å². The van der Waals surface area contributed by atoms with E-state index >= 15 is 0 Å². The number of fused-ring (bicyclic) bond motifs is 4. The zero-order valence-corrected chi connectivity index (χ0v) is 16.1. The fraction of sp³-hybridized carbons (Fsp3) is 0.286. The van der Waals surface area contributed by atoms with E-state index in [0.29, 0.717) is 5.02 Å². The highest BCUT2D eigenvalue weighted by atomic mass is 35.5. The highest BCUT2D eigenvalue weighted by Crippen LogP contribution is 2.30. The monoisotopic (exact) mass is 377 g/mol. The molecule has 1 aliphatic rings. The normalized spacial score (nSPS) is 14.3. The summed E-state index contributed by atoms with van der Waals surface area (Å²) in [7, 11) is 0. The summed E-state index contributed by atoms with van der Waals surface area (Å²) in [5.41, 5.74) is 4.46. The van der Waals surface area contributed by atoms with Crippen molar-refractivity contribution in [2.75, 3.05) is 11.4 Å². The van der Waals surface area contributed by atoms with E-state index in [4.69, 9.17) is 16.6 Å². The van der Waals surface area contributed by atoms with Gasteiger partial charge in [-0.25, -0.2) is 9.38 Å². The van der Waals surface area contributed by atoms with Gasteiger partial charge in [0.05, 0.1) is 5.52 Å². The maximum atomic E-state index is 6.23. The van der Waals surface area contributed by atoms with E-state index in [2.05, 4.69) is 57.6 Å². The van der Waals surface area contributed by atoms with Crippen molar-refractivity contribution in [1.29, 1.82) is 0 Å². The van der Waals surface area contributed by atoms with Crippen LogP contribution in [0.15, 0.2) is 42.5 Å². The van der Waals surface area contributed by atoms with Crippen molar-refractivity contribution in [2.24, 2.45) is 0 Å². The van der Waals surface area contributed by atoms with Crippen molar-refractivity contribution in [3.05, 3.63) is 64.4 Å². The van der Waals surface area contributed by atoms with Gasteiger partial charge in [-0.1, -0.05) is 49.7 Å². The predicted octanol–water partition coefficient (Wildman–Crippen LogP) is 4.62. The molecule has 0 spiro atoms. The summed E-state index contributed by atoms with van der Waals surface area (Å²) in [5, 5.41) is 10.6. The molecular formula is C21H20ClN5. The Bertz CT molecular complexity index is 1160. The van der Waals surface area contributed by atoms with Crippen molar-refractivity contribution in [1.82, 2.24) is 19.6 Å². The van der Waals surface area contributed by atoms with Crippen LogP contribution < -0.4 is 4.90 Å². The van der Waals surface area contributed by atoms with E-state index in [9.17, 15) is 0 Å². The zero-order valence-electron chi connectivity index (χ0n) is 15.4. The fourth-order valence-electron chi connectivity index (χ4n) is 3.86. The Labute approximate surface area is 162 Å². The van der Waals surface area contributed by atoms with Crippen LogP contribution in [0.4, 0.5) is 5.95 Å². The van der Waals surface area contributed by atoms with E-state index in [-0.39, 0.29) is 5.92 Å². The third-order valence-corrected chi connectivity index (χ3v) is 5.47. The summed E-state index contributed by atoms with van der Waals surface area (Å²) in [6, 6.07) is 14.4. The van der Waals surface area contributed by atoms with E-state index in [1.165, 1.54) is 11.1 Å². The van der Waals surface area contributed by atoms with Crippen LogP contribution in [0.3, 0.4) is 0 Å². The molecule has 0 amide bonds. The molecule has 2 aromatic heterocycles. The maximum Gasteiger partial charge on any atom is 0.213 e. The van der Waals surface area contributed by atoms with E-state index < -0.39 is 0 Å². The Kier molecular flexibility index (Phi) is 3.79. The number of anilines is 1. The average molecular weight is 378 g/mol. The molecular weight excluding hydrogens is 358 g/mol. The Hall–Kier alpha value is -2.66. The summed E-state index contributed by atoms with van der Waals surface area (Å²) >= 11 is 6.23. The standard InChI is InChI=1S/C21H20ClN5/c1-13(2)19-24-25-20-17-8-7-16(22)11-18(17)23-21(27(19)20)26-10-9-14-5-3-4-6-15(14)12-26/h3-8,11,13H,9-10,12H2,1-2H3. The number of halogens is 1. The number of rotatable bonds is 2. The average Bonchev–Trinajstić information content (AvgIpc) is 3.12. The number of benzene rings is 2. The minimum Gasteiger partial charge on any atom is -0.337 e. The summed E-state index contributed by atoms with van der Waals surface area (Å²) in [4.78, 5) is 7.32. The first-order valence-electron chi connectivity index (χ1n) is 9.28. The second kappa shape index (κ2) is 6.20. The van der Waals surface area contributed by atoms with Gasteiger partial charge >= 0.3 is 0 Å². The zero-order chi connectivity index (χ0) is 18.5. The highest BCUT2D eigenvalue weighted by Gasteiger charge is 2.24. The Morgan fingerprint density at radius 2 is 1.85 bits per heavy atom. The molecule has 27 heavy (non-hydrogen) atoms. The molecule has 0 saturated heterocycles. The summed E-state index contributed by atoms with van der Waals surface area (Å²) in [6.07, 6.45) is 1.01.